The minimum Gasteiger partial charge on any atom is -0.394 e. The summed E-state index contributed by atoms with van der Waals surface area (Å²) in [5.41, 5.74) is 1.12. The number of aliphatic hydroxyl groups is 4. The molecule has 0 amide bonds. The summed E-state index contributed by atoms with van der Waals surface area (Å²) >= 11 is 0. The van der Waals surface area contributed by atoms with E-state index in [0.717, 1.165) is 10.8 Å². The van der Waals surface area contributed by atoms with E-state index in [9.17, 15) is 10.2 Å². The van der Waals surface area contributed by atoms with Gasteiger partial charge in [-0.3, -0.25) is 0 Å². The van der Waals surface area contributed by atoms with Crippen molar-refractivity contribution in [2.24, 2.45) is 0 Å². The van der Waals surface area contributed by atoms with Gasteiger partial charge in [-0.15, -0.1) is 0 Å². The Labute approximate surface area is 140 Å². The van der Waals surface area contributed by atoms with Gasteiger partial charge in [-0.05, 0) is 34.0 Å². The van der Waals surface area contributed by atoms with Gasteiger partial charge in [0.15, 0.2) is 0 Å². The molecule has 0 spiro atoms. The topological polar surface area (TPSA) is 99.4 Å². The number of hydrogen-bond donors (Lipinski definition) is 4. The summed E-state index contributed by atoms with van der Waals surface area (Å²) in [5.74, 6) is 0. The van der Waals surface area contributed by atoms with Crippen molar-refractivity contribution in [3.63, 3.8) is 0 Å². The lowest BCUT2D eigenvalue weighted by atomic mass is 9.94. The van der Waals surface area contributed by atoms with Crippen molar-refractivity contribution in [3.05, 3.63) is 47.5 Å². The van der Waals surface area contributed by atoms with E-state index < -0.39 is 12.2 Å². The molecule has 0 aliphatic carbocycles. The molecule has 6 heteroatoms. The van der Waals surface area contributed by atoms with Crippen LogP contribution in [0.15, 0.2) is 36.4 Å². The van der Waals surface area contributed by atoms with Gasteiger partial charge in [0.2, 0.25) is 0 Å². The summed E-state index contributed by atoms with van der Waals surface area (Å²) in [6, 6.07) is 11.3. The fourth-order valence-corrected chi connectivity index (χ4v) is 2.55. The van der Waals surface area contributed by atoms with E-state index in [4.69, 9.17) is 19.7 Å². The number of hydrogen-bond acceptors (Lipinski definition) is 6. The molecule has 0 aliphatic heterocycles. The lowest BCUT2D eigenvalue weighted by Crippen LogP contribution is -2.16. The van der Waals surface area contributed by atoms with Crippen LogP contribution in [0.3, 0.4) is 0 Å². The molecule has 2 aromatic carbocycles. The number of ether oxygens (including phenoxy) is 2. The molecule has 2 aromatic rings. The second-order valence-corrected chi connectivity index (χ2v) is 5.46. The number of aliphatic hydroxyl groups excluding tert-OH is 4. The lowest BCUT2D eigenvalue weighted by molar-refractivity contribution is 0.0102. The van der Waals surface area contributed by atoms with Crippen LogP contribution in [-0.2, 0) is 9.47 Å². The summed E-state index contributed by atoms with van der Waals surface area (Å²) in [6.45, 7) is 0.0976. The van der Waals surface area contributed by atoms with Gasteiger partial charge in [-0.2, -0.15) is 0 Å². The first kappa shape index (κ1) is 18.8. The number of fused-ring (bicyclic) bond motifs is 1. The fourth-order valence-electron chi connectivity index (χ4n) is 2.55. The molecule has 0 saturated carbocycles. The van der Waals surface area contributed by atoms with Crippen molar-refractivity contribution in [2.45, 2.75) is 12.2 Å². The SMILES string of the molecule is OCCOCC(O)c1cc2ccccc2cc1C(O)COCCO. The fraction of sp³-hybridized carbons (Fsp3) is 0.444. The van der Waals surface area contributed by atoms with Gasteiger partial charge in [-0.1, -0.05) is 24.3 Å². The van der Waals surface area contributed by atoms with E-state index in [1.165, 1.54) is 0 Å². The van der Waals surface area contributed by atoms with Crippen LogP contribution in [0.2, 0.25) is 0 Å². The summed E-state index contributed by atoms with van der Waals surface area (Å²) in [4.78, 5) is 0. The predicted octanol–water partition coefficient (Wildman–Crippen LogP) is 0.924. The number of benzene rings is 2. The minimum atomic E-state index is -0.927. The van der Waals surface area contributed by atoms with Crippen LogP contribution in [0, 0.1) is 0 Å². The van der Waals surface area contributed by atoms with Gasteiger partial charge in [0, 0.05) is 0 Å². The normalized spacial score (nSPS) is 14.0. The Balaban J connectivity index is 2.28. The van der Waals surface area contributed by atoms with Gasteiger partial charge in [-0.25, -0.2) is 0 Å². The monoisotopic (exact) mass is 336 g/mol. The summed E-state index contributed by atoms with van der Waals surface area (Å²) in [5, 5.41) is 40.3. The molecule has 0 radical (unpaired) electrons. The molecule has 0 aliphatic rings. The van der Waals surface area contributed by atoms with E-state index in [2.05, 4.69) is 0 Å². The van der Waals surface area contributed by atoms with Crippen molar-refractivity contribution in [2.75, 3.05) is 39.6 Å². The molecule has 24 heavy (non-hydrogen) atoms. The molecule has 0 bridgehead atoms. The van der Waals surface area contributed by atoms with Crippen molar-refractivity contribution in [3.8, 4) is 0 Å². The largest absolute Gasteiger partial charge is 0.394 e. The molecule has 0 aromatic heterocycles. The molecular formula is C18H24O6. The Hall–Kier alpha value is -1.54. The maximum atomic E-state index is 10.4. The predicted molar refractivity (Wildman–Crippen MR) is 89.7 cm³/mol. The van der Waals surface area contributed by atoms with Crippen molar-refractivity contribution in [1.82, 2.24) is 0 Å². The first-order chi connectivity index (χ1) is 11.7. The molecule has 132 valence electrons. The Bertz CT molecular complexity index is 575. The van der Waals surface area contributed by atoms with Crippen LogP contribution in [0.4, 0.5) is 0 Å². The van der Waals surface area contributed by atoms with Crippen LogP contribution in [0.25, 0.3) is 10.8 Å². The lowest BCUT2D eigenvalue weighted by Gasteiger charge is -2.20. The molecule has 2 atom stereocenters. The van der Waals surface area contributed by atoms with Crippen LogP contribution in [0.5, 0.6) is 0 Å². The number of rotatable bonds is 10. The van der Waals surface area contributed by atoms with Crippen LogP contribution in [-0.4, -0.2) is 60.1 Å². The third kappa shape index (κ3) is 4.98. The zero-order valence-corrected chi connectivity index (χ0v) is 13.5. The van der Waals surface area contributed by atoms with Gasteiger partial charge >= 0.3 is 0 Å². The molecule has 2 rings (SSSR count). The third-order valence-electron chi connectivity index (χ3n) is 3.69. The highest BCUT2D eigenvalue weighted by Gasteiger charge is 2.19. The Kier molecular flexibility index (Phi) is 7.58. The highest BCUT2D eigenvalue weighted by molar-refractivity contribution is 5.84. The van der Waals surface area contributed by atoms with Gasteiger partial charge in [0.05, 0.1) is 39.6 Å². The minimum absolute atomic E-state index is 0.0239. The Morgan fingerprint density at radius 3 is 1.54 bits per heavy atom. The molecule has 0 fully saturated rings. The van der Waals surface area contributed by atoms with Gasteiger partial charge in [0.25, 0.3) is 0 Å². The smallest absolute Gasteiger partial charge is 0.103 e. The summed E-state index contributed by atoms with van der Waals surface area (Å²) in [7, 11) is 0. The summed E-state index contributed by atoms with van der Waals surface area (Å²) < 4.78 is 10.4. The first-order valence-electron chi connectivity index (χ1n) is 7.93. The molecule has 4 N–H and O–H groups in total. The Morgan fingerprint density at radius 2 is 1.17 bits per heavy atom. The molecule has 2 unspecified atom stereocenters. The van der Waals surface area contributed by atoms with E-state index in [1.807, 2.05) is 36.4 Å². The van der Waals surface area contributed by atoms with Crippen LogP contribution >= 0.6 is 0 Å². The van der Waals surface area contributed by atoms with E-state index in [-0.39, 0.29) is 39.6 Å². The van der Waals surface area contributed by atoms with E-state index in [0.29, 0.717) is 11.1 Å². The van der Waals surface area contributed by atoms with E-state index in [1.54, 1.807) is 0 Å². The average molecular weight is 336 g/mol. The van der Waals surface area contributed by atoms with E-state index >= 15 is 0 Å². The van der Waals surface area contributed by atoms with Gasteiger partial charge in [0.1, 0.15) is 12.2 Å². The van der Waals surface area contributed by atoms with Crippen molar-refractivity contribution >= 4 is 10.8 Å². The highest BCUT2D eigenvalue weighted by Crippen LogP contribution is 2.29. The zero-order valence-electron chi connectivity index (χ0n) is 13.5. The maximum absolute atomic E-state index is 10.4. The standard InChI is InChI=1S/C18H24O6/c19-5-7-23-11-17(21)15-9-13-3-1-2-4-14(13)10-16(15)18(22)12-24-8-6-20/h1-4,9-10,17-22H,5-8,11-12H2. The third-order valence-corrected chi connectivity index (χ3v) is 3.69. The zero-order chi connectivity index (χ0) is 17.4. The van der Waals surface area contributed by atoms with Crippen molar-refractivity contribution < 1.29 is 29.9 Å². The highest BCUT2D eigenvalue weighted by atomic mass is 16.5. The second kappa shape index (κ2) is 9.68. The molecule has 0 heterocycles. The first-order valence-corrected chi connectivity index (χ1v) is 7.93. The summed E-state index contributed by atoms with van der Waals surface area (Å²) in [6.07, 6.45) is -1.85. The van der Waals surface area contributed by atoms with Crippen molar-refractivity contribution in [1.29, 1.82) is 0 Å². The van der Waals surface area contributed by atoms with Crippen LogP contribution < -0.4 is 0 Å². The van der Waals surface area contributed by atoms with Gasteiger partial charge < -0.3 is 29.9 Å². The maximum Gasteiger partial charge on any atom is 0.103 e. The molecular weight excluding hydrogens is 312 g/mol. The Morgan fingerprint density at radius 1 is 0.750 bits per heavy atom. The average Bonchev–Trinajstić information content (AvgIpc) is 2.60. The molecule has 0 saturated heterocycles. The van der Waals surface area contributed by atoms with Crippen LogP contribution in [0.1, 0.15) is 23.3 Å². The quantitative estimate of drug-likeness (QED) is 0.482. The second-order valence-electron chi connectivity index (χ2n) is 5.46. The molecule has 6 nitrogen and oxygen atoms in total.